The molecule has 0 aliphatic heterocycles. The second-order valence-electron chi connectivity index (χ2n) is 5.54. The first-order chi connectivity index (χ1) is 9.83. The number of fused-ring (bicyclic) bond motifs is 2. The van der Waals surface area contributed by atoms with Crippen LogP contribution in [-0.2, 0) is 12.8 Å². The molecule has 2 unspecified atom stereocenters. The van der Waals surface area contributed by atoms with Gasteiger partial charge in [0.05, 0.1) is 6.10 Å². The van der Waals surface area contributed by atoms with Gasteiger partial charge in [-0.05, 0) is 39.9 Å². The molecule has 0 fully saturated rings. The molecule has 1 aliphatic carbocycles. The minimum Gasteiger partial charge on any atom is -0.392 e. The fraction of sp³-hybridized carbons (Fsp3) is 0.222. The van der Waals surface area contributed by atoms with Crippen LogP contribution in [0.4, 0.5) is 0 Å². The van der Waals surface area contributed by atoms with Crippen LogP contribution < -0.4 is 0 Å². The van der Waals surface area contributed by atoms with Gasteiger partial charge in [0, 0.05) is 17.0 Å². The van der Waals surface area contributed by atoms with E-state index in [1.807, 2.05) is 0 Å². The second kappa shape index (κ2) is 4.72. The van der Waals surface area contributed by atoms with Crippen LogP contribution in [0.1, 0.15) is 22.6 Å². The Morgan fingerprint density at radius 1 is 1.10 bits per heavy atom. The summed E-state index contributed by atoms with van der Waals surface area (Å²) < 4.78 is 1.31. The van der Waals surface area contributed by atoms with E-state index in [9.17, 15) is 5.11 Å². The molecule has 1 aliphatic rings. The third-order valence-corrected chi connectivity index (χ3v) is 5.36. The predicted octanol–water partition coefficient (Wildman–Crippen LogP) is 4.14. The van der Waals surface area contributed by atoms with Crippen LogP contribution >= 0.6 is 11.3 Å². The summed E-state index contributed by atoms with van der Waals surface area (Å²) in [7, 11) is 0. The number of hydrogen-bond acceptors (Lipinski definition) is 2. The molecule has 100 valence electrons. The van der Waals surface area contributed by atoms with Crippen LogP contribution in [0.25, 0.3) is 10.1 Å². The van der Waals surface area contributed by atoms with Gasteiger partial charge < -0.3 is 5.11 Å². The lowest BCUT2D eigenvalue weighted by Gasteiger charge is -2.33. The molecule has 0 radical (unpaired) electrons. The van der Waals surface area contributed by atoms with E-state index in [4.69, 9.17) is 0 Å². The van der Waals surface area contributed by atoms with E-state index < -0.39 is 0 Å². The topological polar surface area (TPSA) is 20.2 Å². The minimum absolute atomic E-state index is 0.275. The zero-order valence-electron chi connectivity index (χ0n) is 11.1. The Morgan fingerprint density at radius 3 is 2.80 bits per heavy atom. The average molecular weight is 280 g/mol. The molecule has 0 saturated carbocycles. The first kappa shape index (κ1) is 12.1. The summed E-state index contributed by atoms with van der Waals surface area (Å²) in [6.45, 7) is 0. The molecule has 0 saturated heterocycles. The highest BCUT2D eigenvalue weighted by Gasteiger charge is 2.31. The largest absolute Gasteiger partial charge is 0.392 e. The van der Waals surface area contributed by atoms with Gasteiger partial charge in [-0.3, -0.25) is 0 Å². The molecule has 4 rings (SSSR count). The maximum atomic E-state index is 10.6. The summed E-state index contributed by atoms with van der Waals surface area (Å²) in [4.78, 5) is 0. The summed E-state index contributed by atoms with van der Waals surface area (Å²) in [6.07, 6.45) is 1.49. The van der Waals surface area contributed by atoms with Crippen molar-refractivity contribution in [2.75, 3.05) is 0 Å². The van der Waals surface area contributed by atoms with Gasteiger partial charge in [-0.15, -0.1) is 11.3 Å². The van der Waals surface area contributed by atoms with Crippen molar-refractivity contribution in [1.82, 2.24) is 0 Å². The molecule has 20 heavy (non-hydrogen) atoms. The lowest BCUT2D eigenvalue weighted by molar-refractivity contribution is 0.133. The standard InChI is InChI=1S/C18H16OS/c19-17(16-9-12-5-1-2-6-14(12)16)10-13-11-20-18-8-4-3-7-15(13)18/h1-8,11,16-17,19H,9-10H2. The zero-order chi connectivity index (χ0) is 13.5. The van der Waals surface area contributed by atoms with E-state index in [0.29, 0.717) is 5.92 Å². The molecule has 1 nitrogen and oxygen atoms in total. The van der Waals surface area contributed by atoms with Crippen molar-refractivity contribution >= 4 is 21.4 Å². The van der Waals surface area contributed by atoms with Crippen molar-refractivity contribution < 1.29 is 5.11 Å². The maximum absolute atomic E-state index is 10.6. The third-order valence-electron chi connectivity index (χ3n) is 4.35. The van der Waals surface area contributed by atoms with E-state index in [-0.39, 0.29) is 6.10 Å². The maximum Gasteiger partial charge on any atom is 0.0652 e. The number of benzene rings is 2. The van der Waals surface area contributed by atoms with Crippen LogP contribution in [0.5, 0.6) is 0 Å². The predicted molar refractivity (Wildman–Crippen MR) is 84.4 cm³/mol. The van der Waals surface area contributed by atoms with Crippen LogP contribution in [-0.4, -0.2) is 11.2 Å². The molecule has 0 bridgehead atoms. The van der Waals surface area contributed by atoms with Crippen molar-refractivity contribution in [3.8, 4) is 0 Å². The van der Waals surface area contributed by atoms with Crippen molar-refractivity contribution in [3.05, 3.63) is 70.6 Å². The first-order valence-corrected chi connectivity index (χ1v) is 7.92. The molecule has 2 aromatic carbocycles. The van der Waals surface area contributed by atoms with Gasteiger partial charge in [-0.1, -0.05) is 42.5 Å². The highest BCUT2D eigenvalue weighted by Crippen LogP contribution is 2.39. The third kappa shape index (κ3) is 1.88. The Hall–Kier alpha value is -1.64. The number of aliphatic hydroxyl groups excluding tert-OH is 1. The molecule has 2 heteroatoms. The van der Waals surface area contributed by atoms with Crippen molar-refractivity contribution in [2.45, 2.75) is 24.9 Å². The number of hydrogen-bond donors (Lipinski definition) is 1. The van der Waals surface area contributed by atoms with E-state index >= 15 is 0 Å². The molecule has 0 amide bonds. The normalized spacial score (nSPS) is 18.6. The van der Waals surface area contributed by atoms with Gasteiger partial charge in [0.2, 0.25) is 0 Å². The summed E-state index contributed by atoms with van der Waals surface area (Å²) in [5.41, 5.74) is 4.01. The van der Waals surface area contributed by atoms with Gasteiger partial charge in [-0.25, -0.2) is 0 Å². The first-order valence-electron chi connectivity index (χ1n) is 7.04. The lowest BCUT2D eigenvalue weighted by atomic mass is 9.73. The van der Waals surface area contributed by atoms with Crippen LogP contribution in [0, 0.1) is 0 Å². The fourth-order valence-electron chi connectivity index (χ4n) is 3.20. The molecule has 3 aromatic rings. The van der Waals surface area contributed by atoms with Gasteiger partial charge in [-0.2, -0.15) is 0 Å². The summed E-state index contributed by atoms with van der Waals surface area (Å²) in [5, 5.41) is 14.0. The van der Waals surface area contributed by atoms with E-state index in [2.05, 4.69) is 53.9 Å². The molecule has 0 spiro atoms. The Labute approximate surface area is 122 Å². The number of aliphatic hydroxyl groups is 1. The molecular formula is C18H16OS. The smallest absolute Gasteiger partial charge is 0.0652 e. The average Bonchev–Trinajstić information content (AvgIpc) is 2.84. The SMILES string of the molecule is OC(Cc1csc2ccccc12)C1Cc2ccccc21. The monoisotopic (exact) mass is 280 g/mol. The molecule has 2 atom stereocenters. The summed E-state index contributed by atoms with van der Waals surface area (Å²) in [5.74, 6) is 0.310. The van der Waals surface area contributed by atoms with Gasteiger partial charge in [0.1, 0.15) is 0 Å². The summed E-state index contributed by atoms with van der Waals surface area (Å²) in [6, 6.07) is 16.9. The van der Waals surface area contributed by atoms with E-state index in [1.165, 1.54) is 26.8 Å². The van der Waals surface area contributed by atoms with Crippen molar-refractivity contribution in [1.29, 1.82) is 0 Å². The second-order valence-corrected chi connectivity index (χ2v) is 6.45. The number of thiophene rings is 1. The lowest BCUT2D eigenvalue weighted by Crippen LogP contribution is -2.30. The van der Waals surface area contributed by atoms with E-state index in [0.717, 1.165) is 12.8 Å². The fourth-order valence-corrected chi connectivity index (χ4v) is 4.17. The van der Waals surface area contributed by atoms with Gasteiger partial charge in [0.15, 0.2) is 0 Å². The molecule has 1 heterocycles. The van der Waals surface area contributed by atoms with Crippen LogP contribution in [0.2, 0.25) is 0 Å². The Balaban J connectivity index is 1.58. The van der Waals surface area contributed by atoms with Crippen molar-refractivity contribution in [2.24, 2.45) is 0 Å². The Morgan fingerprint density at radius 2 is 1.90 bits per heavy atom. The quantitative estimate of drug-likeness (QED) is 0.764. The van der Waals surface area contributed by atoms with Gasteiger partial charge in [0.25, 0.3) is 0 Å². The Kier molecular flexibility index (Phi) is 2.86. The molecular weight excluding hydrogens is 264 g/mol. The molecule has 1 N–H and O–H groups in total. The molecule has 1 aromatic heterocycles. The van der Waals surface area contributed by atoms with E-state index in [1.54, 1.807) is 11.3 Å². The van der Waals surface area contributed by atoms with Crippen molar-refractivity contribution in [3.63, 3.8) is 0 Å². The highest BCUT2D eigenvalue weighted by atomic mass is 32.1. The van der Waals surface area contributed by atoms with Crippen LogP contribution in [0.3, 0.4) is 0 Å². The van der Waals surface area contributed by atoms with Gasteiger partial charge >= 0.3 is 0 Å². The minimum atomic E-state index is -0.275. The highest BCUT2D eigenvalue weighted by molar-refractivity contribution is 7.17. The zero-order valence-corrected chi connectivity index (χ0v) is 11.9. The van der Waals surface area contributed by atoms with Crippen LogP contribution in [0.15, 0.2) is 53.9 Å². The Bertz CT molecular complexity index is 759. The summed E-state index contributed by atoms with van der Waals surface area (Å²) >= 11 is 1.77. The number of rotatable bonds is 3.